The molecule has 7 heteroatoms. The first-order chi connectivity index (χ1) is 14.7. The third-order valence-corrected chi connectivity index (χ3v) is 4.87. The van der Waals surface area contributed by atoms with Gasteiger partial charge < -0.3 is 9.47 Å². The van der Waals surface area contributed by atoms with Gasteiger partial charge in [-0.1, -0.05) is 12.1 Å². The van der Waals surface area contributed by atoms with Crippen LogP contribution in [-0.4, -0.2) is 33.7 Å². The minimum absolute atomic E-state index is 0.313. The Morgan fingerprint density at radius 1 is 0.767 bits per heavy atom. The topological polar surface area (TPSA) is 62.1 Å². The molecule has 0 amide bonds. The van der Waals surface area contributed by atoms with Crippen LogP contribution in [0.25, 0.3) is 39.4 Å². The van der Waals surface area contributed by atoms with E-state index in [1.54, 1.807) is 32.4 Å². The second-order valence-electron chi connectivity index (χ2n) is 6.71. The van der Waals surface area contributed by atoms with Gasteiger partial charge in [-0.25, -0.2) is 19.3 Å². The van der Waals surface area contributed by atoms with Crippen LogP contribution in [0, 0.1) is 5.82 Å². The molecule has 148 valence electrons. The molecule has 5 aromatic rings. The average molecular weight is 400 g/mol. The second-order valence-corrected chi connectivity index (χ2v) is 6.71. The number of hydrogen-bond acceptors (Lipinski definition) is 5. The minimum Gasteiger partial charge on any atom is -0.497 e. The average Bonchev–Trinajstić information content (AvgIpc) is 3.15. The highest BCUT2D eigenvalue weighted by molar-refractivity contribution is 5.86. The Labute approximate surface area is 171 Å². The smallest absolute Gasteiger partial charge is 0.199 e. The summed E-state index contributed by atoms with van der Waals surface area (Å²) >= 11 is 0. The number of benzene rings is 3. The van der Waals surface area contributed by atoms with Gasteiger partial charge in [0.1, 0.15) is 23.1 Å². The van der Waals surface area contributed by atoms with Gasteiger partial charge in [0.15, 0.2) is 11.3 Å². The molecule has 0 unspecified atom stereocenters. The number of para-hydroxylation sites is 2. The number of fused-ring (bicyclic) bond motifs is 2. The fraction of sp³-hybridized carbons (Fsp3) is 0.0870. The quantitative estimate of drug-likeness (QED) is 0.434. The van der Waals surface area contributed by atoms with Gasteiger partial charge in [-0.15, -0.1) is 0 Å². The summed E-state index contributed by atoms with van der Waals surface area (Å²) in [5.74, 6) is 1.54. The summed E-state index contributed by atoms with van der Waals surface area (Å²) in [4.78, 5) is 14.2. The first-order valence-electron chi connectivity index (χ1n) is 9.31. The van der Waals surface area contributed by atoms with Gasteiger partial charge in [-0.2, -0.15) is 0 Å². The van der Waals surface area contributed by atoms with Crippen LogP contribution in [-0.2, 0) is 0 Å². The number of hydrogen-bond donors (Lipinski definition) is 0. The van der Waals surface area contributed by atoms with Crippen molar-refractivity contribution in [2.75, 3.05) is 14.2 Å². The van der Waals surface area contributed by atoms with Crippen molar-refractivity contribution in [3.63, 3.8) is 0 Å². The van der Waals surface area contributed by atoms with E-state index in [0.717, 1.165) is 22.3 Å². The standard InChI is InChI=1S/C23H17FN4O2/c1-29-17-11-16(12-18(13-17)30-2)28-22(14-7-9-15(24)10-8-14)27-21-23(28)26-20-6-4-3-5-19(20)25-21/h3-13H,1-2H3. The first-order valence-corrected chi connectivity index (χ1v) is 9.31. The molecule has 2 aromatic heterocycles. The molecular weight excluding hydrogens is 383 g/mol. The predicted octanol–water partition coefficient (Wildman–Crippen LogP) is 4.79. The van der Waals surface area contributed by atoms with Gasteiger partial charge in [-0.05, 0) is 36.4 Å². The lowest BCUT2D eigenvalue weighted by atomic mass is 10.2. The van der Waals surface area contributed by atoms with Crippen LogP contribution in [0.1, 0.15) is 0 Å². The monoisotopic (exact) mass is 400 g/mol. The van der Waals surface area contributed by atoms with E-state index in [-0.39, 0.29) is 5.82 Å². The summed E-state index contributed by atoms with van der Waals surface area (Å²) in [5.41, 5.74) is 4.08. The SMILES string of the molecule is COc1cc(OC)cc(-n2c(-c3ccc(F)cc3)nc3nc4ccccc4nc32)c1. The van der Waals surface area contributed by atoms with Crippen molar-refractivity contribution in [3.8, 4) is 28.6 Å². The van der Waals surface area contributed by atoms with Gasteiger partial charge in [0.2, 0.25) is 0 Å². The highest BCUT2D eigenvalue weighted by atomic mass is 19.1. The molecule has 0 spiro atoms. The number of nitrogens with zero attached hydrogens (tertiary/aromatic N) is 4. The third kappa shape index (κ3) is 3.00. The Morgan fingerprint density at radius 2 is 1.40 bits per heavy atom. The number of halogens is 1. The van der Waals surface area contributed by atoms with Crippen molar-refractivity contribution >= 4 is 22.3 Å². The van der Waals surface area contributed by atoms with E-state index in [9.17, 15) is 4.39 Å². The van der Waals surface area contributed by atoms with Crippen LogP contribution < -0.4 is 9.47 Å². The van der Waals surface area contributed by atoms with E-state index in [1.165, 1.54) is 12.1 Å². The molecule has 0 atom stereocenters. The Kier molecular flexibility index (Phi) is 4.28. The van der Waals surface area contributed by atoms with E-state index in [0.29, 0.717) is 28.6 Å². The summed E-state index contributed by atoms with van der Waals surface area (Å²) in [6, 6.07) is 19.3. The number of methoxy groups -OCH3 is 2. The maximum atomic E-state index is 13.5. The van der Waals surface area contributed by atoms with Crippen LogP contribution in [0.2, 0.25) is 0 Å². The van der Waals surface area contributed by atoms with Gasteiger partial charge in [0.25, 0.3) is 0 Å². The molecule has 6 nitrogen and oxygen atoms in total. The highest BCUT2D eigenvalue weighted by Crippen LogP contribution is 2.32. The van der Waals surface area contributed by atoms with Crippen LogP contribution in [0.15, 0.2) is 66.7 Å². The van der Waals surface area contributed by atoms with Crippen LogP contribution in [0.5, 0.6) is 11.5 Å². The Morgan fingerprint density at radius 3 is 2.03 bits per heavy atom. The van der Waals surface area contributed by atoms with Crippen LogP contribution >= 0.6 is 0 Å². The summed E-state index contributed by atoms with van der Waals surface area (Å²) in [5, 5.41) is 0. The second kappa shape index (κ2) is 7.11. The maximum absolute atomic E-state index is 13.5. The first kappa shape index (κ1) is 18.1. The zero-order valence-corrected chi connectivity index (χ0v) is 16.3. The number of aromatic nitrogens is 4. The van der Waals surface area contributed by atoms with E-state index < -0.39 is 0 Å². The Hall–Kier alpha value is -4.00. The molecule has 0 aliphatic heterocycles. The molecule has 3 aromatic carbocycles. The van der Waals surface area contributed by atoms with Crippen molar-refractivity contribution in [2.24, 2.45) is 0 Å². The van der Waals surface area contributed by atoms with Crippen LogP contribution in [0.3, 0.4) is 0 Å². The number of ether oxygens (including phenoxy) is 2. The zero-order chi connectivity index (χ0) is 20.7. The molecular formula is C23H17FN4O2. The third-order valence-electron chi connectivity index (χ3n) is 4.87. The molecule has 0 aliphatic carbocycles. The lowest BCUT2D eigenvalue weighted by Gasteiger charge is -2.12. The predicted molar refractivity (Wildman–Crippen MR) is 113 cm³/mol. The minimum atomic E-state index is -0.313. The summed E-state index contributed by atoms with van der Waals surface area (Å²) in [6.45, 7) is 0. The molecule has 0 radical (unpaired) electrons. The molecule has 0 fully saturated rings. The lowest BCUT2D eigenvalue weighted by Crippen LogP contribution is -2.01. The van der Waals surface area contributed by atoms with E-state index in [4.69, 9.17) is 19.4 Å². The van der Waals surface area contributed by atoms with Gasteiger partial charge in [0, 0.05) is 23.8 Å². The molecule has 0 aliphatic rings. The highest BCUT2D eigenvalue weighted by Gasteiger charge is 2.19. The van der Waals surface area contributed by atoms with Crippen molar-refractivity contribution in [1.82, 2.24) is 19.5 Å². The van der Waals surface area contributed by atoms with E-state index in [1.807, 2.05) is 41.0 Å². The lowest BCUT2D eigenvalue weighted by molar-refractivity contribution is 0.394. The van der Waals surface area contributed by atoms with E-state index in [2.05, 4.69) is 4.98 Å². The van der Waals surface area contributed by atoms with Crippen molar-refractivity contribution in [3.05, 3.63) is 72.5 Å². The zero-order valence-electron chi connectivity index (χ0n) is 16.3. The van der Waals surface area contributed by atoms with Gasteiger partial charge >= 0.3 is 0 Å². The largest absolute Gasteiger partial charge is 0.497 e. The van der Waals surface area contributed by atoms with Crippen molar-refractivity contribution < 1.29 is 13.9 Å². The number of imidazole rings is 1. The summed E-state index contributed by atoms with van der Waals surface area (Å²) < 4.78 is 26.3. The fourth-order valence-electron chi connectivity index (χ4n) is 3.42. The maximum Gasteiger partial charge on any atom is 0.199 e. The Balaban J connectivity index is 1.87. The van der Waals surface area contributed by atoms with Gasteiger partial charge in [0.05, 0.1) is 30.9 Å². The molecule has 0 bridgehead atoms. The molecule has 0 N–H and O–H groups in total. The Bertz CT molecular complexity index is 1360. The fourth-order valence-corrected chi connectivity index (χ4v) is 3.42. The molecule has 30 heavy (non-hydrogen) atoms. The van der Waals surface area contributed by atoms with Crippen molar-refractivity contribution in [2.45, 2.75) is 0 Å². The molecule has 0 saturated heterocycles. The van der Waals surface area contributed by atoms with E-state index >= 15 is 0 Å². The normalized spacial score (nSPS) is 11.2. The molecule has 0 saturated carbocycles. The summed E-state index contributed by atoms with van der Waals surface area (Å²) in [6.07, 6.45) is 0. The molecule has 5 rings (SSSR count). The van der Waals surface area contributed by atoms with Gasteiger partial charge in [-0.3, -0.25) is 4.57 Å². The van der Waals surface area contributed by atoms with Crippen LogP contribution in [0.4, 0.5) is 4.39 Å². The summed E-state index contributed by atoms with van der Waals surface area (Å²) in [7, 11) is 3.19. The number of rotatable bonds is 4. The molecule has 2 heterocycles. The van der Waals surface area contributed by atoms with Crippen molar-refractivity contribution in [1.29, 1.82) is 0 Å².